The molecule has 0 heterocycles. The molecule has 0 bridgehead atoms. The smallest absolute Gasteiger partial charge is 0.159 e. The normalized spacial score (nSPS) is 12.2. The highest BCUT2D eigenvalue weighted by molar-refractivity contribution is 4.52. The second kappa shape index (κ2) is 6.31. The Morgan fingerprint density at radius 2 is 2.30 bits per heavy atom. The van der Waals surface area contributed by atoms with E-state index >= 15 is 0 Å². The molecular weight excluding hydrogens is 138 g/mol. The van der Waals surface area contributed by atoms with Gasteiger partial charge in [0.05, 0.1) is 19.8 Å². The Labute approximate surface area is 57.7 Å². The van der Waals surface area contributed by atoms with E-state index in [0.717, 1.165) is 0 Å². The predicted octanol–water partition coefficient (Wildman–Crippen LogP) is -0.376. The summed E-state index contributed by atoms with van der Waals surface area (Å²) in [6.07, 6.45) is -0.878. The van der Waals surface area contributed by atoms with Gasteiger partial charge in [0.1, 0.15) is 0 Å². The van der Waals surface area contributed by atoms with Crippen LogP contribution in [0.5, 0.6) is 0 Å². The van der Waals surface area contributed by atoms with Crippen LogP contribution in [0.3, 0.4) is 0 Å². The van der Waals surface area contributed by atoms with E-state index in [-0.39, 0.29) is 19.8 Å². The summed E-state index contributed by atoms with van der Waals surface area (Å²) in [5.41, 5.74) is 7.87. The maximum atomic E-state index is 8.41. The van der Waals surface area contributed by atoms with Crippen LogP contribution in [0.1, 0.15) is 0 Å². The monoisotopic (exact) mass is 147 g/mol. The fraction of sp³-hybridized carbons (Fsp3) is 1.00. The highest BCUT2D eigenvalue weighted by Gasteiger charge is 2.01. The molecule has 2 N–H and O–H groups in total. The van der Waals surface area contributed by atoms with Gasteiger partial charge in [0.15, 0.2) is 6.23 Å². The first-order valence-electron chi connectivity index (χ1n) is 2.72. The summed E-state index contributed by atoms with van der Waals surface area (Å²) in [5, 5.41) is 19.7. The molecule has 0 saturated heterocycles. The van der Waals surface area contributed by atoms with Crippen molar-refractivity contribution in [2.45, 2.75) is 6.23 Å². The van der Waals surface area contributed by atoms with E-state index in [1.807, 2.05) is 0 Å². The van der Waals surface area contributed by atoms with Gasteiger partial charge in [0, 0.05) is 4.91 Å². The van der Waals surface area contributed by atoms with Crippen LogP contribution in [0.15, 0.2) is 5.11 Å². The van der Waals surface area contributed by atoms with Gasteiger partial charge in [-0.05, 0) is 5.53 Å². The Kier molecular flexibility index (Phi) is 5.80. The van der Waals surface area contributed by atoms with Crippen molar-refractivity contribution in [3.8, 4) is 0 Å². The van der Waals surface area contributed by atoms with Crippen molar-refractivity contribution in [1.82, 2.24) is 0 Å². The van der Waals surface area contributed by atoms with E-state index in [2.05, 4.69) is 14.8 Å². The van der Waals surface area contributed by atoms with Crippen LogP contribution in [-0.2, 0) is 4.74 Å². The molecule has 0 aliphatic heterocycles. The molecule has 0 aromatic carbocycles. The van der Waals surface area contributed by atoms with E-state index in [0.29, 0.717) is 0 Å². The number of nitrogens with zero attached hydrogens (tertiary/aromatic N) is 3. The van der Waals surface area contributed by atoms with Gasteiger partial charge in [-0.3, -0.25) is 0 Å². The molecule has 10 heavy (non-hydrogen) atoms. The van der Waals surface area contributed by atoms with Crippen LogP contribution in [0.4, 0.5) is 0 Å². The van der Waals surface area contributed by atoms with Gasteiger partial charge in [-0.2, -0.15) is 0 Å². The van der Waals surface area contributed by atoms with Crippen molar-refractivity contribution in [2.24, 2.45) is 5.11 Å². The summed E-state index contributed by atoms with van der Waals surface area (Å²) in [6.45, 7) is -0.467. The molecule has 0 aliphatic carbocycles. The number of azide groups is 1. The Morgan fingerprint density at radius 1 is 1.60 bits per heavy atom. The summed E-state index contributed by atoms with van der Waals surface area (Å²) >= 11 is 0. The average Bonchev–Trinajstić information content (AvgIpc) is 1.98. The predicted molar refractivity (Wildman–Crippen MR) is 33.1 cm³/mol. The third-order valence-corrected chi connectivity index (χ3v) is 0.738. The molecule has 0 saturated carbocycles. The minimum absolute atomic E-state index is 0.0598. The molecule has 0 fully saturated rings. The number of hydrogen-bond donors (Lipinski definition) is 2. The molecule has 0 amide bonds. The van der Waals surface area contributed by atoms with Gasteiger partial charge < -0.3 is 14.9 Å². The van der Waals surface area contributed by atoms with Gasteiger partial charge in [0.2, 0.25) is 0 Å². The zero-order valence-electron chi connectivity index (χ0n) is 5.34. The van der Waals surface area contributed by atoms with Crippen molar-refractivity contribution in [1.29, 1.82) is 0 Å². The zero-order valence-corrected chi connectivity index (χ0v) is 5.34. The van der Waals surface area contributed by atoms with Gasteiger partial charge in [-0.1, -0.05) is 5.11 Å². The molecule has 0 spiro atoms. The fourth-order valence-electron chi connectivity index (χ4n) is 0.369. The van der Waals surface area contributed by atoms with Gasteiger partial charge >= 0.3 is 0 Å². The Balaban J connectivity index is 3.49. The van der Waals surface area contributed by atoms with Crippen molar-refractivity contribution >= 4 is 0 Å². The average molecular weight is 147 g/mol. The third-order valence-electron chi connectivity index (χ3n) is 0.738. The van der Waals surface area contributed by atoms with E-state index in [4.69, 9.17) is 15.7 Å². The summed E-state index contributed by atoms with van der Waals surface area (Å²) in [5.74, 6) is 0. The number of ether oxygens (including phenoxy) is 1. The first kappa shape index (κ1) is 9.19. The lowest BCUT2D eigenvalue weighted by atomic mass is 10.6. The van der Waals surface area contributed by atoms with Crippen molar-refractivity contribution in [2.75, 3.05) is 19.8 Å². The van der Waals surface area contributed by atoms with Gasteiger partial charge in [-0.25, -0.2) is 0 Å². The Bertz CT molecular complexity index is 123. The summed E-state index contributed by atoms with van der Waals surface area (Å²) in [4.78, 5) is 2.42. The molecule has 6 heteroatoms. The van der Waals surface area contributed by atoms with E-state index in [1.54, 1.807) is 0 Å². The van der Waals surface area contributed by atoms with Crippen molar-refractivity contribution in [3.63, 3.8) is 0 Å². The summed E-state index contributed by atoms with van der Waals surface area (Å²) in [6, 6.07) is 0. The Hall–Kier alpha value is -0.810. The highest BCUT2D eigenvalue weighted by Crippen LogP contribution is 1.91. The third kappa shape index (κ3) is 4.11. The van der Waals surface area contributed by atoms with Gasteiger partial charge in [-0.15, -0.1) is 0 Å². The van der Waals surface area contributed by atoms with Crippen LogP contribution in [0, 0.1) is 0 Å². The second-order valence-corrected chi connectivity index (χ2v) is 1.44. The number of hydrogen-bond acceptors (Lipinski definition) is 4. The number of rotatable bonds is 5. The molecule has 1 atom stereocenters. The first-order valence-corrected chi connectivity index (χ1v) is 2.72. The maximum Gasteiger partial charge on any atom is 0.159 e. The largest absolute Gasteiger partial charge is 0.394 e. The van der Waals surface area contributed by atoms with Crippen LogP contribution in [0.25, 0.3) is 10.4 Å². The van der Waals surface area contributed by atoms with E-state index < -0.39 is 6.23 Å². The minimum Gasteiger partial charge on any atom is -0.394 e. The number of aliphatic hydroxyl groups is 2. The SMILES string of the molecule is [N-]=[N+]=NC(CO)OCCO. The van der Waals surface area contributed by atoms with Gasteiger partial charge in [0.25, 0.3) is 0 Å². The lowest BCUT2D eigenvalue weighted by Gasteiger charge is -2.06. The topological polar surface area (TPSA) is 98.5 Å². The maximum absolute atomic E-state index is 8.41. The van der Waals surface area contributed by atoms with Crippen LogP contribution < -0.4 is 0 Å². The Morgan fingerprint density at radius 3 is 2.70 bits per heavy atom. The summed E-state index contributed by atoms with van der Waals surface area (Å²) in [7, 11) is 0. The van der Waals surface area contributed by atoms with Crippen molar-refractivity contribution in [3.05, 3.63) is 10.4 Å². The lowest BCUT2D eigenvalue weighted by Crippen LogP contribution is -2.16. The zero-order chi connectivity index (χ0) is 7.82. The molecule has 0 aliphatic rings. The van der Waals surface area contributed by atoms with Crippen molar-refractivity contribution < 1.29 is 14.9 Å². The van der Waals surface area contributed by atoms with E-state index in [1.165, 1.54) is 0 Å². The molecule has 0 radical (unpaired) electrons. The fourth-order valence-corrected chi connectivity index (χ4v) is 0.369. The standard InChI is InChI=1S/C4H9N3O3/c5-7-6-4(3-9)10-2-1-8/h4,8-9H,1-3H2. The molecule has 58 valence electrons. The number of aliphatic hydroxyl groups excluding tert-OH is 2. The molecule has 1 unspecified atom stereocenters. The van der Waals surface area contributed by atoms with Crippen LogP contribution in [-0.4, -0.2) is 36.3 Å². The molecular formula is C4H9N3O3. The van der Waals surface area contributed by atoms with Crippen LogP contribution in [0.2, 0.25) is 0 Å². The lowest BCUT2D eigenvalue weighted by molar-refractivity contribution is 0.000808. The first-order chi connectivity index (χ1) is 4.85. The van der Waals surface area contributed by atoms with Crippen LogP contribution >= 0.6 is 0 Å². The molecule has 0 rings (SSSR count). The highest BCUT2D eigenvalue weighted by atomic mass is 16.5. The molecule has 0 aromatic rings. The molecule has 6 nitrogen and oxygen atoms in total. The quantitative estimate of drug-likeness (QED) is 0.315. The second-order valence-electron chi connectivity index (χ2n) is 1.44. The summed E-state index contributed by atoms with van der Waals surface area (Å²) < 4.78 is 4.66. The minimum atomic E-state index is -0.878. The molecule has 0 aromatic heterocycles. The van der Waals surface area contributed by atoms with E-state index in [9.17, 15) is 0 Å².